The maximum Gasteiger partial charge on any atom is 1.00 e. The van der Waals surface area contributed by atoms with Crippen molar-refractivity contribution < 1.29 is 57.2 Å². The zero-order valence-electron chi connectivity index (χ0n) is 21.1. The van der Waals surface area contributed by atoms with E-state index in [9.17, 15) is 27.7 Å². The molecule has 9 nitrogen and oxygen atoms in total. The van der Waals surface area contributed by atoms with Crippen LogP contribution in [0.4, 0.5) is 4.79 Å². The van der Waals surface area contributed by atoms with Crippen LogP contribution in [0.25, 0.3) is 0 Å². The molecule has 1 aromatic rings. The van der Waals surface area contributed by atoms with Crippen molar-refractivity contribution in [1.82, 2.24) is 10.2 Å². The summed E-state index contributed by atoms with van der Waals surface area (Å²) in [5.41, 5.74) is 7.67. The number of nitrogens with one attached hydrogen (secondary N) is 1. The van der Waals surface area contributed by atoms with Crippen LogP contribution in [0.15, 0.2) is 54.1 Å². The third-order valence-electron chi connectivity index (χ3n) is 6.66. The number of carbonyl (C=O) groups is 2. The van der Waals surface area contributed by atoms with Crippen LogP contribution in [0.5, 0.6) is 0 Å². The van der Waals surface area contributed by atoms with Crippen molar-refractivity contribution in [1.29, 1.82) is 0 Å². The number of fused-ring (bicyclic) bond motifs is 1. The van der Waals surface area contributed by atoms with Crippen LogP contribution in [0, 0.1) is 11.8 Å². The van der Waals surface area contributed by atoms with Crippen molar-refractivity contribution in [2.24, 2.45) is 17.6 Å². The number of amides is 2. The number of carbonyl (C=O) groups excluding carboxylic acids is 2. The molecule has 0 radical (unpaired) electrons. The molecule has 36 heavy (non-hydrogen) atoms. The van der Waals surface area contributed by atoms with Crippen molar-refractivity contribution in [3.05, 3.63) is 59.7 Å². The first-order valence-corrected chi connectivity index (χ1v) is 13.3. The largest absolute Gasteiger partial charge is 1.00 e. The number of rotatable bonds is 9. The standard InChI is InChI=1S/C25H35N3O6S.Na/c1-17(2)14-21(27-24(30)28-13-12-19-10-6-7-11-20(19)16-28)23(29)25(31,35(32,33)34)22(26)15-18-8-4-3-5-9-18;/h3-9,11,17,19,21-22,31H,10,12-16,26H2,1-2H3,(H,27,30)(H,32,33,34);/q;+1/p-1/t19?,21-,22?,25?;/m0./s1. The van der Waals surface area contributed by atoms with Crippen molar-refractivity contribution in [3.8, 4) is 0 Å². The van der Waals surface area contributed by atoms with E-state index in [1.165, 1.54) is 0 Å². The summed E-state index contributed by atoms with van der Waals surface area (Å²) >= 11 is 0. The summed E-state index contributed by atoms with van der Waals surface area (Å²) in [5, 5.41) is 13.6. The molecule has 4 N–H and O–H groups in total. The minimum atomic E-state index is -5.59. The van der Waals surface area contributed by atoms with E-state index in [0.29, 0.717) is 24.6 Å². The first kappa shape index (κ1) is 30.7. The van der Waals surface area contributed by atoms with Gasteiger partial charge in [-0.2, -0.15) is 0 Å². The number of Topliss-reactive ketones (excluding diaryl/α,β-unsaturated/α-hetero) is 1. The summed E-state index contributed by atoms with van der Waals surface area (Å²) < 4.78 is 36.7. The Morgan fingerprint density at radius 3 is 2.56 bits per heavy atom. The summed E-state index contributed by atoms with van der Waals surface area (Å²) in [5.74, 6) is -1.08. The maximum absolute atomic E-state index is 13.5. The molecule has 3 unspecified atom stereocenters. The zero-order chi connectivity index (χ0) is 25.8. The van der Waals surface area contributed by atoms with Crippen LogP contribution in [-0.2, 0) is 21.3 Å². The van der Waals surface area contributed by atoms with Crippen molar-refractivity contribution >= 4 is 21.9 Å². The van der Waals surface area contributed by atoms with Crippen molar-refractivity contribution in [2.75, 3.05) is 13.1 Å². The predicted molar refractivity (Wildman–Crippen MR) is 131 cm³/mol. The maximum atomic E-state index is 13.5. The molecule has 1 aliphatic heterocycles. The van der Waals surface area contributed by atoms with Crippen LogP contribution >= 0.6 is 0 Å². The molecular formula is C25H34N3NaO6S. The summed E-state index contributed by atoms with van der Waals surface area (Å²) in [4.78, 5) is 24.7. The number of benzene rings is 1. The zero-order valence-corrected chi connectivity index (χ0v) is 23.9. The molecule has 1 aliphatic carbocycles. The molecule has 192 valence electrons. The van der Waals surface area contributed by atoms with E-state index in [0.717, 1.165) is 18.4 Å². The van der Waals surface area contributed by atoms with Gasteiger partial charge in [0, 0.05) is 13.1 Å². The van der Waals surface area contributed by atoms with E-state index in [-0.39, 0.29) is 48.3 Å². The Kier molecular flexibility index (Phi) is 10.9. The van der Waals surface area contributed by atoms with Gasteiger partial charge < -0.3 is 25.6 Å². The quantitative estimate of drug-likeness (QED) is 0.266. The molecule has 1 saturated heterocycles. The molecule has 0 spiro atoms. The van der Waals surface area contributed by atoms with Crippen LogP contribution in [0.2, 0.25) is 0 Å². The van der Waals surface area contributed by atoms with Gasteiger partial charge in [0.1, 0.15) is 10.1 Å². The molecular weight excluding hydrogens is 493 g/mol. The number of piperidine rings is 1. The molecule has 1 fully saturated rings. The second kappa shape index (κ2) is 12.8. The Bertz CT molecular complexity index is 1090. The third-order valence-corrected chi connectivity index (χ3v) is 7.92. The fourth-order valence-corrected chi connectivity index (χ4v) is 5.52. The molecule has 4 atom stereocenters. The second-order valence-corrected chi connectivity index (χ2v) is 11.3. The van der Waals surface area contributed by atoms with Gasteiger partial charge in [-0.15, -0.1) is 0 Å². The Morgan fingerprint density at radius 1 is 1.28 bits per heavy atom. The number of urea groups is 1. The van der Waals surface area contributed by atoms with Gasteiger partial charge in [-0.1, -0.05) is 62.4 Å². The Morgan fingerprint density at radius 2 is 1.94 bits per heavy atom. The van der Waals surface area contributed by atoms with Gasteiger partial charge in [0.15, 0.2) is 0 Å². The Balaban J connectivity index is 0.00000456. The van der Waals surface area contributed by atoms with Gasteiger partial charge in [0.25, 0.3) is 0 Å². The van der Waals surface area contributed by atoms with E-state index in [4.69, 9.17) is 5.73 Å². The summed E-state index contributed by atoms with van der Waals surface area (Å²) in [6.45, 7) is 4.43. The Hall–Kier alpha value is -1.53. The van der Waals surface area contributed by atoms with Gasteiger partial charge in [0.2, 0.25) is 10.7 Å². The third kappa shape index (κ3) is 7.06. The van der Waals surface area contributed by atoms with E-state index < -0.39 is 38.9 Å². The number of nitrogens with zero attached hydrogens (tertiary/aromatic N) is 1. The summed E-state index contributed by atoms with van der Waals surface area (Å²) in [7, 11) is -5.59. The summed E-state index contributed by atoms with van der Waals surface area (Å²) in [6, 6.07) is 4.74. The fourth-order valence-electron chi connectivity index (χ4n) is 4.68. The van der Waals surface area contributed by atoms with Gasteiger partial charge in [-0.3, -0.25) is 4.79 Å². The van der Waals surface area contributed by atoms with E-state index in [2.05, 4.69) is 11.4 Å². The van der Waals surface area contributed by atoms with Crippen LogP contribution < -0.4 is 40.6 Å². The molecule has 1 heterocycles. The molecule has 2 aliphatic rings. The van der Waals surface area contributed by atoms with Gasteiger partial charge in [-0.05, 0) is 48.7 Å². The van der Waals surface area contributed by atoms with E-state index >= 15 is 0 Å². The van der Waals surface area contributed by atoms with Crippen molar-refractivity contribution in [3.63, 3.8) is 0 Å². The smallest absolute Gasteiger partial charge is 0.745 e. The number of allylic oxidation sites excluding steroid dienone is 3. The minimum absolute atomic E-state index is 0. The second-order valence-electron chi connectivity index (χ2n) is 9.76. The number of hydrogen-bond donors (Lipinski definition) is 3. The molecule has 2 amide bonds. The number of hydrogen-bond acceptors (Lipinski definition) is 7. The minimum Gasteiger partial charge on any atom is -0.745 e. The SMILES string of the molecule is CC(C)C[C@H](NC(=O)N1CCC2CC=CC=C2C1)C(=O)C(O)(C(N)Cc1ccccc1)S(=O)(=O)[O-].[Na+]. The molecule has 11 heteroatoms. The average Bonchev–Trinajstić information content (AvgIpc) is 2.81. The number of aliphatic hydroxyl groups is 1. The first-order chi connectivity index (χ1) is 16.4. The average molecular weight is 528 g/mol. The molecule has 0 aromatic heterocycles. The Labute approximate surface area is 235 Å². The van der Waals surface area contributed by atoms with Crippen molar-refractivity contribution in [2.45, 2.75) is 56.5 Å². The van der Waals surface area contributed by atoms with Crippen LogP contribution in [-0.4, -0.2) is 64.9 Å². The number of likely N-dealkylation sites (tertiary alicyclic amines) is 1. The van der Waals surface area contributed by atoms with Crippen LogP contribution in [0.3, 0.4) is 0 Å². The number of nitrogens with two attached hydrogens (primary N) is 1. The predicted octanol–water partition coefficient (Wildman–Crippen LogP) is -1.30. The number of ketones is 1. The molecule has 3 rings (SSSR count). The van der Waals surface area contributed by atoms with Gasteiger partial charge in [-0.25, -0.2) is 13.2 Å². The fraction of sp³-hybridized carbons (Fsp3) is 0.520. The summed E-state index contributed by atoms with van der Waals surface area (Å²) in [6.07, 6.45) is 7.52. The van der Waals surface area contributed by atoms with Gasteiger partial charge in [0.05, 0.1) is 12.1 Å². The van der Waals surface area contributed by atoms with E-state index in [1.807, 2.05) is 12.2 Å². The molecule has 0 saturated carbocycles. The molecule has 0 bridgehead atoms. The normalized spacial score (nSPS) is 20.9. The molecule has 1 aromatic carbocycles. The van der Waals surface area contributed by atoms with Gasteiger partial charge >= 0.3 is 35.6 Å². The van der Waals surface area contributed by atoms with E-state index in [1.54, 1.807) is 49.1 Å². The van der Waals surface area contributed by atoms with Crippen LogP contribution in [0.1, 0.15) is 38.7 Å². The topological polar surface area (TPSA) is 153 Å². The first-order valence-electron chi connectivity index (χ1n) is 11.9. The monoisotopic (exact) mass is 527 g/mol.